The fraction of sp³-hybridized carbons (Fsp3) is 0.800. The Morgan fingerprint density at radius 1 is 1.00 bits per heavy atom. The lowest BCUT2D eigenvalue weighted by Gasteiger charge is -2.14. The van der Waals surface area contributed by atoms with E-state index in [0.717, 1.165) is 12.8 Å². The van der Waals surface area contributed by atoms with E-state index >= 15 is 0 Å². The number of hydrogen-bond acceptors (Lipinski definition) is 2. The molecule has 0 spiro atoms. The number of rotatable bonds is 2. The molecular weight excluding hydrogens is 340 g/mol. The molecular formula is C10H14Br2N2O2. The first kappa shape index (κ1) is 12.4. The van der Waals surface area contributed by atoms with Crippen molar-refractivity contribution in [1.82, 2.24) is 10.9 Å². The molecule has 2 amide bonds. The molecule has 0 saturated heterocycles. The largest absolute Gasteiger partial charge is 0.273 e. The van der Waals surface area contributed by atoms with Crippen LogP contribution in [0.1, 0.15) is 26.7 Å². The number of hydrazine groups is 1. The highest BCUT2D eigenvalue weighted by Gasteiger charge is 2.57. The molecule has 2 aliphatic rings. The van der Waals surface area contributed by atoms with E-state index < -0.39 is 0 Å². The Morgan fingerprint density at radius 3 is 1.44 bits per heavy atom. The smallest absolute Gasteiger partial charge is 0.245 e. The van der Waals surface area contributed by atoms with Crippen LogP contribution in [0.2, 0.25) is 0 Å². The van der Waals surface area contributed by atoms with Crippen LogP contribution in [0.25, 0.3) is 0 Å². The number of halogens is 2. The lowest BCUT2D eigenvalue weighted by Crippen LogP contribution is -2.48. The first-order valence-electron chi connectivity index (χ1n) is 5.20. The van der Waals surface area contributed by atoms with Gasteiger partial charge in [0.2, 0.25) is 11.8 Å². The zero-order valence-corrected chi connectivity index (χ0v) is 12.3. The van der Waals surface area contributed by atoms with Gasteiger partial charge in [0.25, 0.3) is 0 Å². The summed E-state index contributed by atoms with van der Waals surface area (Å²) in [7, 11) is 0. The fourth-order valence-electron chi connectivity index (χ4n) is 1.50. The summed E-state index contributed by atoms with van der Waals surface area (Å²) in [6.45, 7) is 3.75. The molecule has 0 aromatic carbocycles. The molecule has 2 fully saturated rings. The third-order valence-electron chi connectivity index (χ3n) is 3.60. The van der Waals surface area contributed by atoms with Crippen molar-refractivity contribution in [1.29, 1.82) is 0 Å². The number of amides is 2. The molecule has 4 atom stereocenters. The standard InChI is InChI=1S/C10H14Br2N2O2/c1-9(3-5(9)11)7(15)13-14-8(16)10(2)4-6(10)12/h5-6H,3-4H2,1-2H3,(H,13,15)(H,14,16)/t5-,6?,9?,10?/m1/s1. The van der Waals surface area contributed by atoms with Crippen LogP contribution < -0.4 is 10.9 Å². The Morgan fingerprint density at radius 2 is 1.25 bits per heavy atom. The van der Waals surface area contributed by atoms with E-state index in [1.807, 2.05) is 13.8 Å². The van der Waals surface area contributed by atoms with E-state index in [0.29, 0.717) is 0 Å². The van der Waals surface area contributed by atoms with E-state index in [9.17, 15) is 9.59 Å². The fourth-order valence-corrected chi connectivity index (χ4v) is 3.26. The normalized spacial score (nSPS) is 44.8. The second-order valence-corrected chi connectivity index (χ2v) is 7.30. The van der Waals surface area contributed by atoms with Crippen molar-refractivity contribution in [3.63, 3.8) is 0 Å². The van der Waals surface area contributed by atoms with Crippen molar-refractivity contribution in [2.45, 2.75) is 36.3 Å². The second kappa shape index (κ2) is 3.70. The van der Waals surface area contributed by atoms with Crippen LogP contribution in [0.15, 0.2) is 0 Å². The highest BCUT2D eigenvalue weighted by molar-refractivity contribution is 9.10. The summed E-state index contributed by atoms with van der Waals surface area (Å²) in [5.74, 6) is -0.254. The second-order valence-electron chi connectivity index (χ2n) is 5.09. The SMILES string of the molecule is CC1(C(=O)NNC(=O)C2(C)C[C@H]2Br)CC1Br. The van der Waals surface area contributed by atoms with Gasteiger partial charge in [-0.3, -0.25) is 20.4 Å². The summed E-state index contributed by atoms with van der Waals surface area (Å²) in [5, 5.41) is 0. The van der Waals surface area contributed by atoms with Crippen LogP contribution in [0.3, 0.4) is 0 Å². The lowest BCUT2D eigenvalue weighted by atomic mass is 10.1. The van der Waals surface area contributed by atoms with Crippen LogP contribution in [0, 0.1) is 10.8 Å². The maximum atomic E-state index is 11.7. The summed E-state index contributed by atoms with van der Waals surface area (Å²) in [5.41, 5.74) is 4.25. The molecule has 3 unspecified atom stereocenters. The minimum atomic E-state index is -0.370. The molecule has 2 aliphatic carbocycles. The lowest BCUT2D eigenvalue weighted by molar-refractivity contribution is -0.133. The van der Waals surface area contributed by atoms with Gasteiger partial charge in [-0.1, -0.05) is 31.9 Å². The molecule has 0 heterocycles. The highest BCUT2D eigenvalue weighted by atomic mass is 79.9. The summed E-state index contributed by atoms with van der Waals surface area (Å²) in [4.78, 5) is 23.8. The van der Waals surface area contributed by atoms with Crippen molar-refractivity contribution >= 4 is 43.7 Å². The van der Waals surface area contributed by atoms with E-state index in [4.69, 9.17) is 0 Å². The van der Waals surface area contributed by atoms with Gasteiger partial charge in [0.05, 0.1) is 10.8 Å². The Kier molecular flexibility index (Phi) is 2.86. The molecule has 0 aromatic rings. The zero-order chi connectivity index (χ0) is 12.1. The third kappa shape index (κ3) is 1.90. The first-order chi connectivity index (χ1) is 7.30. The highest BCUT2D eigenvalue weighted by Crippen LogP contribution is 2.52. The molecule has 0 radical (unpaired) electrons. The van der Waals surface area contributed by atoms with Gasteiger partial charge in [-0.25, -0.2) is 0 Å². The van der Waals surface area contributed by atoms with Crippen molar-refractivity contribution < 1.29 is 9.59 Å². The third-order valence-corrected chi connectivity index (χ3v) is 6.26. The van der Waals surface area contributed by atoms with E-state index in [1.54, 1.807) is 0 Å². The molecule has 2 saturated carbocycles. The molecule has 4 nitrogen and oxygen atoms in total. The van der Waals surface area contributed by atoms with Crippen LogP contribution in [0.4, 0.5) is 0 Å². The van der Waals surface area contributed by atoms with Crippen molar-refractivity contribution in [2.75, 3.05) is 0 Å². The summed E-state index contributed by atoms with van der Waals surface area (Å²) >= 11 is 6.79. The van der Waals surface area contributed by atoms with Crippen LogP contribution >= 0.6 is 31.9 Å². The predicted molar refractivity (Wildman–Crippen MR) is 67.2 cm³/mol. The van der Waals surface area contributed by atoms with Gasteiger partial charge in [0.15, 0.2) is 0 Å². The first-order valence-corrected chi connectivity index (χ1v) is 7.03. The van der Waals surface area contributed by atoms with E-state index in [1.165, 1.54) is 0 Å². The molecule has 2 N–H and O–H groups in total. The number of carbonyl (C=O) groups is 2. The molecule has 6 heteroatoms. The number of carbonyl (C=O) groups excluding carboxylic acids is 2. The van der Waals surface area contributed by atoms with Crippen molar-refractivity contribution in [3.8, 4) is 0 Å². The molecule has 0 aliphatic heterocycles. The van der Waals surface area contributed by atoms with Crippen LogP contribution in [0.5, 0.6) is 0 Å². The average molecular weight is 354 g/mol. The summed E-state index contributed by atoms with van der Waals surface area (Å²) in [6, 6.07) is 0. The van der Waals surface area contributed by atoms with E-state index in [2.05, 4.69) is 42.7 Å². The van der Waals surface area contributed by atoms with Gasteiger partial charge in [-0.05, 0) is 26.7 Å². The molecule has 90 valence electrons. The summed E-state index contributed by atoms with van der Waals surface area (Å²) in [6.07, 6.45) is 1.63. The Bertz CT molecular complexity index is 329. The van der Waals surface area contributed by atoms with Gasteiger partial charge in [0.1, 0.15) is 0 Å². The minimum absolute atomic E-state index is 0.127. The molecule has 16 heavy (non-hydrogen) atoms. The Labute approximate surface area is 111 Å². The van der Waals surface area contributed by atoms with Crippen molar-refractivity contribution in [3.05, 3.63) is 0 Å². The number of hydrogen-bond donors (Lipinski definition) is 2. The van der Waals surface area contributed by atoms with Crippen molar-refractivity contribution in [2.24, 2.45) is 10.8 Å². The Balaban J connectivity index is 1.81. The van der Waals surface area contributed by atoms with Gasteiger partial charge in [-0.15, -0.1) is 0 Å². The van der Waals surface area contributed by atoms with Gasteiger partial charge < -0.3 is 0 Å². The summed E-state index contributed by atoms with van der Waals surface area (Å²) < 4.78 is 0. The monoisotopic (exact) mass is 352 g/mol. The number of nitrogens with one attached hydrogen (secondary N) is 2. The van der Waals surface area contributed by atoms with Gasteiger partial charge in [-0.2, -0.15) is 0 Å². The zero-order valence-electron chi connectivity index (χ0n) is 9.14. The maximum Gasteiger partial charge on any atom is 0.245 e. The number of alkyl halides is 2. The maximum absolute atomic E-state index is 11.7. The van der Waals surface area contributed by atoms with Crippen LogP contribution in [-0.4, -0.2) is 21.5 Å². The minimum Gasteiger partial charge on any atom is -0.273 e. The van der Waals surface area contributed by atoms with Gasteiger partial charge >= 0.3 is 0 Å². The molecule has 2 rings (SSSR count). The van der Waals surface area contributed by atoms with Gasteiger partial charge in [0, 0.05) is 9.65 Å². The topological polar surface area (TPSA) is 58.2 Å². The van der Waals surface area contributed by atoms with Crippen LogP contribution in [-0.2, 0) is 9.59 Å². The predicted octanol–water partition coefficient (Wildman–Crippen LogP) is 1.48. The van der Waals surface area contributed by atoms with E-state index in [-0.39, 0.29) is 32.3 Å². The average Bonchev–Trinajstić information content (AvgIpc) is 3.03. The Hall–Kier alpha value is -0.100. The molecule has 0 bridgehead atoms. The molecule has 0 aromatic heterocycles. The quantitative estimate of drug-likeness (QED) is 0.583.